The van der Waals surface area contributed by atoms with Crippen LogP contribution in [0.25, 0.3) is 0 Å². The van der Waals surface area contributed by atoms with Crippen LogP contribution in [0.15, 0.2) is 0 Å². The molecule has 20 heavy (non-hydrogen) atoms. The lowest BCUT2D eigenvalue weighted by Gasteiger charge is -2.22. The molecule has 0 spiro atoms. The number of hydrogen-bond acceptors (Lipinski definition) is 7. The highest BCUT2D eigenvalue weighted by molar-refractivity contribution is 5.60. The Morgan fingerprint density at radius 1 is 1.40 bits per heavy atom. The van der Waals surface area contributed by atoms with E-state index in [4.69, 9.17) is 4.74 Å². The van der Waals surface area contributed by atoms with E-state index in [2.05, 4.69) is 20.6 Å². The van der Waals surface area contributed by atoms with Crippen molar-refractivity contribution >= 4 is 17.5 Å². The molecular formula is C12H19N5O3. The fraction of sp³-hybridized carbons (Fsp3) is 0.667. The van der Waals surface area contributed by atoms with Crippen molar-refractivity contribution in [2.75, 3.05) is 37.4 Å². The molecule has 2 N–H and O–H groups in total. The lowest BCUT2D eigenvalue weighted by atomic mass is 10.0. The predicted molar refractivity (Wildman–Crippen MR) is 75.0 cm³/mol. The van der Waals surface area contributed by atoms with Crippen molar-refractivity contribution in [1.82, 2.24) is 9.97 Å². The van der Waals surface area contributed by atoms with E-state index in [1.807, 2.05) is 0 Å². The van der Waals surface area contributed by atoms with Crippen molar-refractivity contribution in [3.8, 4) is 0 Å². The molecule has 1 saturated heterocycles. The summed E-state index contributed by atoms with van der Waals surface area (Å²) in [5.41, 5.74) is 0.292. The normalized spacial score (nSPS) is 15.9. The lowest BCUT2D eigenvalue weighted by molar-refractivity contribution is -0.385. The molecule has 1 aliphatic heterocycles. The fourth-order valence-corrected chi connectivity index (χ4v) is 2.21. The first kappa shape index (κ1) is 14.4. The Kier molecular flexibility index (Phi) is 4.67. The van der Waals surface area contributed by atoms with E-state index in [0.29, 0.717) is 24.1 Å². The monoisotopic (exact) mass is 281 g/mol. The molecule has 0 amide bonds. The first-order chi connectivity index (χ1) is 9.61. The van der Waals surface area contributed by atoms with Crippen LogP contribution in [-0.2, 0) is 4.74 Å². The van der Waals surface area contributed by atoms with Crippen LogP contribution in [0.1, 0.15) is 18.5 Å². The van der Waals surface area contributed by atoms with E-state index in [1.165, 1.54) is 0 Å². The van der Waals surface area contributed by atoms with Crippen molar-refractivity contribution in [3.05, 3.63) is 15.8 Å². The maximum Gasteiger partial charge on any atom is 0.332 e. The van der Waals surface area contributed by atoms with Gasteiger partial charge in [0.15, 0.2) is 0 Å². The van der Waals surface area contributed by atoms with Crippen LogP contribution >= 0.6 is 0 Å². The summed E-state index contributed by atoms with van der Waals surface area (Å²) < 4.78 is 5.30. The van der Waals surface area contributed by atoms with Gasteiger partial charge in [-0.3, -0.25) is 10.1 Å². The maximum atomic E-state index is 11.1. The number of anilines is 2. The highest BCUT2D eigenvalue weighted by Crippen LogP contribution is 2.27. The van der Waals surface area contributed by atoms with Gasteiger partial charge in [0.25, 0.3) is 0 Å². The Balaban J connectivity index is 2.15. The largest absolute Gasteiger partial charge is 0.381 e. The first-order valence-corrected chi connectivity index (χ1v) is 6.64. The third kappa shape index (κ3) is 3.32. The van der Waals surface area contributed by atoms with Crippen LogP contribution in [-0.4, -0.2) is 41.7 Å². The zero-order valence-corrected chi connectivity index (χ0v) is 11.7. The van der Waals surface area contributed by atoms with Gasteiger partial charge in [0.05, 0.1) is 4.92 Å². The zero-order valence-electron chi connectivity index (χ0n) is 11.7. The van der Waals surface area contributed by atoms with Gasteiger partial charge >= 0.3 is 5.69 Å². The third-order valence-electron chi connectivity index (χ3n) is 3.36. The third-order valence-corrected chi connectivity index (χ3v) is 3.36. The van der Waals surface area contributed by atoms with Gasteiger partial charge in [-0.15, -0.1) is 0 Å². The molecule has 110 valence electrons. The van der Waals surface area contributed by atoms with E-state index >= 15 is 0 Å². The summed E-state index contributed by atoms with van der Waals surface area (Å²) in [7, 11) is 1.68. The molecule has 2 heterocycles. The second-order valence-electron chi connectivity index (χ2n) is 4.77. The maximum absolute atomic E-state index is 11.1. The standard InChI is InChI=1S/C12H19N5O3/c1-8-10(17(18)19)11(16-12(13-2)15-8)14-7-9-3-5-20-6-4-9/h9H,3-7H2,1-2H3,(H2,13,14,15,16). The second kappa shape index (κ2) is 6.47. The van der Waals surface area contributed by atoms with Crippen LogP contribution in [0.2, 0.25) is 0 Å². The van der Waals surface area contributed by atoms with Crippen molar-refractivity contribution in [2.24, 2.45) is 5.92 Å². The molecule has 1 aliphatic rings. The van der Waals surface area contributed by atoms with Crippen molar-refractivity contribution in [2.45, 2.75) is 19.8 Å². The number of hydrogen-bond donors (Lipinski definition) is 2. The Morgan fingerprint density at radius 2 is 2.10 bits per heavy atom. The molecule has 1 fully saturated rings. The average molecular weight is 281 g/mol. The highest BCUT2D eigenvalue weighted by atomic mass is 16.6. The highest BCUT2D eigenvalue weighted by Gasteiger charge is 2.23. The zero-order chi connectivity index (χ0) is 14.5. The van der Waals surface area contributed by atoms with Gasteiger partial charge in [-0.25, -0.2) is 4.98 Å². The number of ether oxygens (including phenoxy) is 1. The van der Waals surface area contributed by atoms with Gasteiger partial charge in [0.1, 0.15) is 5.69 Å². The molecule has 0 unspecified atom stereocenters. The van der Waals surface area contributed by atoms with Gasteiger partial charge < -0.3 is 15.4 Å². The minimum atomic E-state index is -0.443. The molecule has 1 aromatic rings. The van der Waals surface area contributed by atoms with E-state index in [9.17, 15) is 10.1 Å². The lowest BCUT2D eigenvalue weighted by Crippen LogP contribution is -2.23. The SMILES string of the molecule is CNc1nc(C)c([N+](=O)[O-])c(NCC2CCOCC2)n1. The van der Waals surface area contributed by atoms with Crippen molar-refractivity contribution < 1.29 is 9.66 Å². The summed E-state index contributed by atoms with van der Waals surface area (Å²) in [6, 6.07) is 0. The van der Waals surface area contributed by atoms with Gasteiger partial charge in [-0.05, 0) is 25.7 Å². The number of nitrogens with one attached hydrogen (secondary N) is 2. The number of rotatable bonds is 5. The van der Waals surface area contributed by atoms with Crippen LogP contribution in [0.5, 0.6) is 0 Å². The van der Waals surface area contributed by atoms with Gasteiger partial charge in [0, 0.05) is 26.8 Å². The van der Waals surface area contributed by atoms with Crippen molar-refractivity contribution in [3.63, 3.8) is 0 Å². The molecule has 0 aliphatic carbocycles. The summed E-state index contributed by atoms with van der Waals surface area (Å²) >= 11 is 0. The van der Waals surface area contributed by atoms with Crippen LogP contribution in [0, 0.1) is 23.0 Å². The molecule has 0 bridgehead atoms. The molecule has 1 aromatic heterocycles. The average Bonchev–Trinajstić information content (AvgIpc) is 2.45. The topological polar surface area (TPSA) is 102 Å². The number of aryl methyl sites for hydroxylation is 1. The minimum Gasteiger partial charge on any atom is -0.381 e. The van der Waals surface area contributed by atoms with E-state index in [0.717, 1.165) is 26.1 Å². The van der Waals surface area contributed by atoms with Crippen molar-refractivity contribution in [1.29, 1.82) is 0 Å². The summed E-state index contributed by atoms with van der Waals surface area (Å²) in [5, 5.41) is 17.0. The van der Waals surface area contributed by atoms with Crippen LogP contribution in [0.3, 0.4) is 0 Å². The number of aromatic nitrogens is 2. The Labute approximate surface area is 117 Å². The van der Waals surface area contributed by atoms with Gasteiger partial charge in [-0.2, -0.15) is 4.98 Å². The summed E-state index contributed by atoms with van der Waals surface area (Å²) in [4.78, 5) is 18.9. The Hall–Kier alpha value is -1.96. The molecule has 8 nitrogen and oxygen atoms in total. The minimum absolute atomic E-state index is 0.0592. The predicted octanol–water partition coefficient (Wildman–Crippen LogP) is 1.57. The van der Waals surface area contributed by atoms with E-state index in [-0.39, 0.29) is 11.5 Å². The van der Waals surface area contributed by atoms with Gasteiger partial charge in [0.2, 0.25) is 11.8 Å². The molecule has 2 rings (SSSR count). The molecule has 0 saturated carbocycles. The quantitative estimate of drug-likeness (QED) is 0.623. The summed E-state index contributed by atoms with van der Waals surface area (Å²) in [6.07, 6.45) is 1.92. The molecular weight excluding hydrogens is 262 g/mol. The first-order valence-electron chi connectivity index (χ1n) is 6.64. The summed E-state index contributed by atoms with van der Waals surface area (Å²) in [5.74, 6) is 1.11. The van der Waals surface area contributed by atoms with E-state index in [1.54, 1.807) is 14.0 Å². The molecule has 0 aromatic carbocycles. The van der Waals surface area contributed by atoms with Crippen LogP contribution in [0.4, 0.5) is 17.5 Å². The molecule has 0 radical (unpaired) electrons. The van der Waals surface area contributed by atoms with E-state index < -0.39 is 4.92 Å². The smallest absolute Gasteiger partial charge is 0.332 e. The number of nitrogens with zero attached hydrogens (tertiary/aromatic N) is 3. The summed E-state index contributed by atoms with van der Waals surface area (Å²) in [6.45, 7) is 3.77. The van der Waals surface area contributed by atoms with Crippen LogP contribution < -0.4 is 10.6 Å². The van der Waals surface area contributed by atoms with Gasteiger partial charge in [-0.1, -0.05) is 0 Å². The molecule has 8 heteroatoms. The number of nitro groups is 1. The Bertz CT molecular complexity index is 488. The fourth-order valence-electron chi connectivity index (χ4n) is 2.21. The molecule has 0 atom stereocenters. The second-order valence-corrected chi connectivity index (χ2v) is 4.77. The Morgan fingerprint density at radius 3 is 2.70 bits per heavy atom.